The average Bonchev–Trinajstić information content (AvgIpc) is 2.41. The maximum Gasteiger partial charge on any atom is 0.236 e. The summed E-state index contributed by atoms with van der Waals surface area (Å²) in [7, 11) is -3.44. The lowest BCUT2D eigenvalue weighted by atomic mass is 10.3. The minimum absolute atomic E-state index is 0.0587. The lowest BCUT2D eigenvalue weighted by molar-refractivity contribution is 0.341. The molecule has 0 aromatic heterocycles. The number of rotatable bonds is 6. The number of nitrogen functional groups attached to an aromatic ring is 1. The number of anilines is 2. The Bertz CT molecular complexity index is 702. The van der Waals surface area contributed by atoms with Gasteiger partial charge in [0.2, 0.25) is 10.0 Å². The summed E-state index contributed by atoms with van der Waals surface area (Å²) in [6, 6.07) is 14.0. The van der Waals surface area contributed by atoms with Gasteiger partial charge in [0.25, 0.3) is 0 Å². The van der Waals surface area contributed by atoms with Crippen molar-refractivity contribution < 1.29 is 13.2 Å². The van der Waals surface area contributed by atoms with Crippen LogP contribution < -0.4 is 15.2 Å². The lowest BCUT2D eigenvalue weighted by Gasteiger charge is -2.09. The van der Waals surface area contributed by atoms with Crippen LogP contribution in [0.3, 0.4) is 0 Å². The fourth-order valence-corrected chi connectivity index (χ4v) is 2.88. The van der Waals surface area contributed by atoms with Crippen molar-refractivity contribution in [2.24, 2.45) is 0 Å². The van der Waals surface area contributed by atoms with E-state index in [4.69, 9.17) is 10.5 Å². The van der Waals surface area contributed by atoms with Gasteiger partial charge in [-0.2, -0.15) is 0 Å². The summed E-state index contributed by atoms with van der Waals surface area (Å²) in [5.41, 5.74) is 6.74. The minimum atomic E-state index is -3.44. The number of halogens is 1. The summed E-state index contributed by atoms with van der Waals surface area (Å²) in [5, 5.41) is 0. The van der Waals surface area contributed by atoms with Crippen molar-refractivity contribution >= 4 is 44.0 Å². The molecule has 21 heavy (non-hydrogen) atoms. The highest BCUT2D eigenvalue weighted by molar-refractivity contribution is 14.1. The summed E-state index contributed by atoms with van der Waals surface area (Å²) in [4.78, 5) is 0. The smallest absolute Gasteiger partial charge is 0.236 e. The summed E-state index contributed by atoms with van der Waals surface area (Å²) in [6.45, 7) is 0.0587. The first-order valence-corrected chi connectivity index (χ1v) is 8.92. The molecule has 0 spiro atoms. The zero-order valence-electron chi connectivity index (χ0n) is 11.1. The Labute approximate surface area is 137 Å². The van der Waals surface area contributed by atoms with Crippen molar-refractivity contribution in [2.75, 3.05) is 22.8 Å². The zero-order chi connectivity index (χ0) is 15.3. The molecule has 2 rings (SSSR count). The number of hydrogen-bond donors (Lipinski definition) is 2. The Morgan fingerprint density at radius 3 is 2.52 bits per heavy atom. The molecule has 2 aromatic rings. The highest BCUT2D eigenvalue weighted by Crippen LogP contribution is 2.15. The number of hydrogen-bond acceptors (Lipinski definition) is 4. The Hall–Kier alpha value is -1.48. The Balaban J connectivity index is 1.88. The highest BCUT2D eigenvalue weighted by Gasteiger charge is 2.10. The minimum Gasteiger partial charge on any atom is -0.492 e. The molecule has 0 unspecified atom stereocenters. The van der Waals surface area contributed by atoms with Gasteiger partial charge < -0.3 is 10.5 Å². The van der Waals surface area contributed by atoms with Crippen LogP contribution in [0.25, 0.3) is 0 Å². The molecule has 0 atom stereocenters. The molecule has 0 radical (unpaired) electrons. The van der Waals surface area contributed by atoms with Gasteiger partial charge in [0, 0.05) is 21.0 Å². The zero-order valence-corrected chi connectivity index (χ0v) is 14.1. The second-order valence-corrected chi connectivity index (χ2v) is 7.44. The molecule has 0 aliphatic rings. The number of nitrogens with one attached hydrogen (secondary N) is 1. The molecule has 0 aliphatic carbocycles. The van der Waals surface area contributed by atoms with Crippen LogP contribution in [0.2, 0.25) is 0 Å². The molecule has 7 heteroatoms. The average molecular weight is 418 g/mol. The molecule has 112 valence electrons. The molecule has 0 fully saturated rings. The maximum absolute atomic E-state index is 11.9. The largest absolute Gasteiger partial charge is 0.492 e. The maximum atomic E-state index is 11.9. The second-order valence-electron chi connectivity index (χ2n) is 4.35. The van der Waals surface area contributed by atoms with E-state index in [1.165, 1.54) is 0 Å². The van der Waals surface area contributed by atoms with E-state index in [9.17, 15) is 8.42 Å². The predicted octanol–water partition coefficient (Wildman–Crippen LogP) is 2.69. The molecule has 0 amide bonds. The van der Waals surface area contributed by atoms with Crippen LogP contribution in [0, 0.1) is 3.57 Å². The highest BCUT2D eigenvalue weighted by atomic mass is 127. The van der Waals surface area contributed by atoms with Crippen molar-refractivity contribution in [1.82, 2.24) is 0 Å². The summed E-state index contributed by atoms with van der Waals surface area (Å²) in [5.74, 6) is 0.424. The summed E-state index contributed by atoms with van der Waals surface area (Å²) in [6.07, 6.45) is 0. The van der Waals surface area contributed by atoms with Crippen molar-refractivity contribution in [2.45, 2.75) is 0 Å². The first kappa shape index (κ1) is 15.9. The van der Waals surface area contributed by atoms with Crippen LogP contribution in [0.4, 0.5) is 11.4 Å². The predicted molar refractivity (Wildman–Crippen MR) is 92.9 cm³/mol. The Morgan fingerprint density at radius 1 is 1.14 bits per heavy atom. The monoisotopic (exact) mass is 418 g/mol. The van der Waals surface area contributed by atoms with Crippen molar-refractivity contribution in [3.63, 3.8) is 0 Å². The van der Waals surface area contributed by atoms with Crippen LogP contribution in [0.5, 0.6) is 5.75 Å². The third-order valence-electron chi connectivity index (χ3n) is 2.60. The molecule has 0 saturated heterocycles. The van der Waals surface area contributed by atoms with E-state index in [2.05, 4.69) is 27.3 Å². The van der Waals surface area contributed by atoms with Crippen LogP contribution in [0.1, 0.15) is 0 Å². The Kier molecular flexibility index (Phi) is 5.29. The van der Waals surface area contributed by atoms with Crippen molar-refractivity contribution in [1.29, 1.82) is 0 Å². The quantitative estimate of drug-likeness (QED) is 0.559. The molecule has 2 aromatic carbocycles. The van der Waals surface area contributed by atoms with Gasteiger partial charge in [0.15, 0.2) is 0 Å². The standard InChI is InChI=1S/C14H15IN2O3S/c15-11-4-6-13(7-5-11)17-21(18,19)9-8-20-14-3-1-2-12(16)10-14/h1-7,10,17H,8-9,16H2. The van der Waals surface area contributed by atoms with E-state index in [1.807, 2.05) is 12.1 Å². The van der Waals surface area contributed by atoms with E-state index in [1.54, 1.807) is 36.4 Å². The van der Waals surface area contributed by atoms with Crippen LogP contribution in [-0.4, -0.2) is 20.8 Å². The van der Waals surface area contributed by atoms with Gasteiger partial charge in [-0.25, -0.2) is 8.42 Å². The molecular formula is C14H15IN2O3S. The third-order valence-corrected chi connectivity index (χ3v) is 4.57. The molecule has 5 nitrogen and oxygen atoms in total. The second kappa shape index (κ2) is 6.99. The van der Waals surface area contributed by atoms with E-state index < -0.39 is 10.0 Å². The normalized spacial score (nSPS) is 11.1. The molecular weight excluding hydrogens is 403 g/mol. The third kappa shape index (κ3) is 5.43. The number of nitrogens with two attached hydrogens (primary N) is 1. The molecule has 0 bridgehead atoms. The van der Waals surface area contributed by atoms with Gasteiger partial charge in [0.05, 0.1) is 0 Å². The van der Waals surface area contributed by atoms with E-state index in [-0.39, 0.29) is 12.4 Å². The first-order chi connectivity index (χ1) is 9.94. The van der Waals surface area contributed by atoms with Crippen LogP contribution >= 0.6 is 22.6 Å². The molecule has 0 heterocycles. The van der Waals surface area contributed by atoms with Crippen LogP contribution in [-0.2, 0) is 10.0 Å². The van der Waals surface area contributed by atoms with E-state index >= 15 is 0 Å². The number of ether oxygens (including phenoxy) is 1. The number of sulfonamides is 1. The van der Waals surface area contributed by atoms with Gasteiger partial charge in [-0.3, -0.25) is 4.72 Å². The van der Waals surface area contributed by atoms with Crippen molar-refractivity contribution in [3.8, 4) is 5.75 Å². The first-order valence-electron chi connectivity index (χ1n) is 6.19. The fourth-order valence-electron chi connectivity index (χ4n) is 1.62. The molecule has 0 saturated carbocycles. The van der Waals surface area contributed by atoms with Crippen molar-refractivity contribution in [3.05, 3.63) is 52.1 Å². The van der Waals surface area contributed by atoms with Gasteiger partial charge in [-0.1, -0.05) is 6.07 Å². The Morgan fingerprint density at radius 2 is 1.86 bits per heavy atom. The topological polar surface area (TPSA) is 81.4 Å². The van der Waals surface area contributed by atoms with Crippen LogP contribution in [0.15, 0.2) is 48.5 Å². The van der Waals surface area contributed by atoms with E-state index in [0.717, 1.165) is 3.57 Å². The lowest BCUT2D eigenvalue weighted by Crippen LogP contribution is -2.21. The molecule has 0 aliphatic heterocycles. The van der Waals surface area contributed by atoms with Gasteiger partial charge in [-0.05, 0) is 59.0 Å². The summed E-state index contributed by atoms with van der Waals surface area (Å²) < 4.78 is 32.8. The van der Waals surface area contributed by atoms with E-state index in [0.29, 0.717) is 17.1 Å². The summed E-state index contributed by atoms with van der Waals surface area (Å²) >= 11 is 2.16. The molecule has 3 N–H and O–H groups in total. The fraction of sp³-hybridized carbons (Fsp3) is 0.143. The van der Waals surface area contributed by atoms with Gasteiger partial charge in [-0.15, -0.1) is 0 Å². The van der Waals surface area contributed by atoms with Gasteiger partial charge >= 0.3 is 0 Å². The van der Waals surface area contributed by atoms with Gasteiger partial charge in [0.1, 0.15) is 18.1 Å². The SMILES string of the molecule is Nc1cccc(OCCS(=O)(=O)Nc2ccc(I)cc2)c1. The number of benzene rings is 2.